The van der Waals surface area contributed by atoms with Gasteiger partial charge < -0.3 is 4.98 Å². The van der Waals surface area contributed by atoms with Crippen molar-refractivity contribution in [3.05, 3.63) is 58.2 Å². The predicted octanol–water partition coefficient (Wildman–Crippen LogP) is 2.49. The molecule has 1 heterocycles. The van der Waals surface area contributed by atoms with Crippen molar-refractivity contribution in [3.8, 4) is 0 Å². The standard InChI is InChI=1S/C11H9N3O2/c15-14(16)11-5-2-9(3-6-11)1-4-10-7-12-8-13-10/h1-8H,(H,12,13)/b4-1+. The third-order valence-corrected chi connectivity index (χ3v) is 2.08. The highest BCUT2D eigenvalue weighted by Gasteiger charge is 2.01. The molecule has 1 aromatic carbocycles. The summed E-state index contributed by atoms with van der Waals surface area (Å²) in [6.07, 6.45) is 7.00. The Bertz CT molecular complexity index is 501. The molecule has 0 amide bonds. The number of nitro benzene ring substituents is 1. The third-order valence-electron chi connectivity index (χ3n) is 2.08. The Hall–Kier alpha value is -2.43. The first-order chi connectivity index (χ1) is 7.75. The molecule has 2 aromatic rings. The molecule has 16 heavy (non-hydrogen) atoms. The quantitative estimate of drug-likeness (QED) is 0.631. The molecule has 0 unspecified atom stereocenters. The molecule has 0 aliphatic heterocycles. The molecule has 0 saturated carbocycles. The number of nitrogens with one attached hydrogen (secondary N) is 1. The lowest BCUT2D eigenvalue weighted by atomic mass is 10.2. The lowest BCUT2D eigenvalue weighted by Gasteiger charge is -1.93. The molecule has 1 aromatic heterocycles. The molecule has 2 rings (SSSR count). The van der Waals surface area contributed by atoms with E-state index in [1.807, 2.05) is 12.2 Å². The van der Waals surface area contributed by atoms with Crippen molar-refractivity contribution in [2.24, 2.45) is 0 Å². The minimum Gasteiger partial charge on any atom is -0.345 e. The molecule has 0 spiro atoms. The lowest BCUT2D eigenvalue weighted by Crippen LogP contribution is -1.86. The minimum atomic E-state index is -0.414. The molecule has 0 radical (unpaired) electrons. The van der Waals surface area contributed by atoms with Gasteiger partial charge in [-0.15, -0.1) is 0 Å². The van der Waals surface area contributed by atoms with Gasteiger partial charge in [-0.2, -0.15) is 0 Å². The van der Waals surface area contributed by atoms with Crippen LogP contribution in [0.1, 0.15) is 11.3 Å². The highest BCUT2D eigenvalue weighted by atomic mass is 16.6. The van der Waals surface area contributed by atoms with Crippen LogP contribution in [0.25, 0.3) is 12.2 Å². The molecule has 1 N–H and O–H groups in total. The van der Waals surface area contributed by atoms with Crippen molar-refractivity contribution in [2.75, 3.05) is 0 Å². The van der Waals surface area contributed by atoms with Crippen molar-refractivity contribution in [1.82, 2.24) is 9.97 Å². The van der Waals surface area contributed by atoms with Crippen LogP contribution in [0.4, 0.5) is 5.69 Å². The number of benzene rings is 1. The molecular weight excluding hydrogens is 206 g/mol. The fraction of sp³-hybridized carbons (Fsp3) is 0. The Balaban J connectivity index is 2.14. The van der Waals surface area contributed by atoms with E-state index in [0.717, 1.165) is 11.3 Å². The fourth-order valence-corrected chi connectivity index (χ4v) is 1.25. The highest BCUT2D eigenvalue weighted by molar-refractivity contribution is 5.68. The molecule has 0 bridgehead atoms. The van der Waals surface area contributed by atoms with Gasteiger partial charge >= 0.3 is 0 Å². The van der Waals surface area contributed by atoms with E-state index < -0.39 is 4.92 Å². The fourth-order valence-electron chi connectivity index (χ4n) is 1.25. The average Bonchev–Trinajstić information content (AvgIpc) is 2.80. The van der Waals surface area contributed by atoms with E-state index in [1.165, 1.54) is 12.1 Å². The average molecular weight is 215 g/mol. The van der Waals surface area contributed by atoms with Crippen molar-refractivity contribution in [3.63, 3.8) is 0 Å². The molecule has 5 nitrogen and oxygen atoms in total. The summed E-state index contributed by atoms with van der Waals surface area (Å²) < 4.78 is 0. The Morgan fingerprint density at radius 3 is 2.56 bits per heavy atom. The van der Waals surface area contributed by atoms with E-state index >= 15 is 0 Å². The second-order valence-corrected chi connectivity index (χ2v) is 3.19. The monoisotopic (exact) mass is 215 g/mol. The summed E-state index contributed by atoms with van der Waals surface area (Å²) in [7, 11) is 0. The molecular formula is C11H9N3O2. The molecule has 0 aliphatic rings. The summed E-state index contributed by atoms with van der Waals surface area (Å²) in [4.78, 5) is 16.8. The van der Waals surface area contributed by atoms with Gasteiger partial charge in [-0.05, 0) is 23.8 Å². The predicted molar refractivity (Wildman–Crippen MR) is 60.6 cm³/mol. The molecule has 5 heteroatoms. The Morgan fingerprint density at radius 1 is 1.25 bits per heavy atom. The van der Waals surface area contributed by atoms with Crippen LogP contribution in [0.3, 0.4) is 0 Å². The number of nitro groups is 1. The largest absolute Gasteiger partial charge is 0.345 e. The number of rotatable bonds is 3. The van der Waals surface area contributed by atoms with E-state index in [4.69, 9.17) is 0 Å². The zero-order valence-electron chi connectivity index (χ0n) is 8.33. The normalized spacial score (nSPS) is 10.8. The number of imidazole rings is 1. The summed E-state index contributed by atoms with van der Waals surface area (Å²) in [5.74, 6) is 0. The SMILES string of the molecule is O=[N+]([O-])c1ccc(/C=C/c2cnc[nH]2)cc1. The second-order valence-electron chi connectivity index (χ2n) is 3.19. The number of aromatic nitrogens is 2. The van der Waals surface area contributed by atoms with Crippen molar-refractivity contribution in [1.29, 1.82) is 0 Å². The topological polar surface area (TPSA) is 71.8 Å². The van der Waals surface area contributed by atoms with Crippen LogP contribution in [0.15, 0.2) is 36.8 Å². The van der Waals surface area contributed by atoms with Gasteiger partial charge in [0.15, 0.2) is 0 Å². The highest BCUT2D eigenvalue weighted by Crippen LogP contribution is 2.13. The summed E-state index contributed by atoms with van der Waals surface area (Å²) >= 11 is 0. The van der Waals surface area contributed by atoms with E-state index in [2.05, 4.69) is 9.97 Å². The first kappa shape index (κ1) is 10.1. The van der Waals surface area contributed by atoms with E-state index in [1.54, 1.807) is 24.7 Å². The van der Waals surface area contributed by atoms with Crippen molar-refractivity contribution >= 4 is 17.8 Å². The number of hydrogen-bond acceptors (Lipinski definition) is 3. The molecule has 0 aliphatic carbocycles. The maximum Gasteiger partial charge on any atom is 0.269 e. The smallest absolute Gasteiger partial charge is 0.269 e. The molecule has 0 atom stereocenters. The van der Waals surface area contributed by atoms with Crippen LogP contribution in [-0.2, 0) is 0 Å². The van der Waals surface area contributed by atoms with Crippen LogP contribution in [0.2, 0.25) is 0 Å². The van der Waals surface area contributed by atoms with Crippen LogP contribution in [0, 0.1) is 10.1 Å². The number of H-pyrrole nitrogens is 1. The summed E-state index contributed by atoms with van der Waals surface area (Å²) in [5.41, 5.74) is 1.89. The zero-order valence-corrected chi connectivity index (χ0v) is 8.33. The zero-order chi connectivity index (χ0) is 11.4. The van der Waals surface area contributed by atoms with Gasteiger partial charge in [0.05, 0.1) is 23.1 Å². The van der Waals surface area contributed by atoms with Gasteiger partial charge in [0, 0.05) is 12.1 Å². The Labute approximate surface area is 91.6 Å². The Kier molecular flexibility index (Phi) is 2.77. The van der Waals surface area contributed by atoms with Crippen molar-refractivity contribution in [2.45, 2.75) is 0 Å². The van der Waals surface area contributed by atoms with Gasteiger partial charge in [0.25, 0.3) is 5.69 Å². The maximum atomic E-state index is 10.4. The van der Waals surface area contributed by atoms with Crippen LogP contribution in [-0.4, -0.2) is 14.9 Å². The summed E-state index contributed by atoms with van der Waals surface area (Å²) in [6.45, 7) is 0. The first-order valence-electron chi connectivity index (χ1n) is 4.66. The van der Waals surface area contributed by atoms with Gasteiger partial charge in [-0.3, -0.25) is 10.1 Å². The molecule has 0 fully saturated rings. The van der Waals surface area contributed by atoms with Gasteiger partial charge in [-0.25, -0.2) is 4.98 Å². The second kappa shape index (κ2) is 4.39. The lowest BCUT2D eigenvalue weighted by molar-refractivity contribution is -0.384. The van der Waals surface area contributed by atoms with Crippen molar-refractivity contribution < 1.29 is 4.92 Å². The first-order valence-corrected chi connectivity index (χ1v) is 4.66. The van der Waals surface area contributed by atoms with Gasteiger partial charge in [-0.1, -0.05) is 6.08 Å². The number of aromatic amines is 1. The minimum absolute atomic E-state index is 0.0960. The maximum absolute atomic E-state index is 10.4. The van der Waals surface area contributed by atoms with E-state index in [0.29, 0.717) is 0 Å². The van der Waals surface area contributed by atoms with Crippen LogP contribution in [0.5, 0.6) is 0 Å². The Morgan fingerprint density at radius 2 is 2.00 bits per heavy atom. The van der Waals surface area contributed by atoms with E-state index in [9.17, 15) is 10.1 Å². The number of hydrogen-bond donors (Lipinski definition) is 1. The van der Waals surface area contributed by atoms with Crippen LogP contribution < -0.4 is 0 Å². The summed E-state index contributed by atoms with van der Waals surface area (Å²) in [5, 5.41) is 10.4. The van der Waals surface area contributed by atoms with E-state index in [-0.39, 0.29) is 5.69 Å². The molecule has 80 valence electrons. The summed E-state index contributed by atoms with van der Waals surface area (Å²) in [6, 6.07) is 6.36. The molecule has 0 saturated heterocycles. The number of nitrogens with zero attached hydrogens (tertiary/aromatic N) is 2. The number of non-ortho nitro benzene ring substituents is 1. The van der Waals surface area contributed by atoms with Gasteiger partial charge in [0.2, 0.25) is 0 Å². The third kappa shape index (κ3) is 2.33. The van der Waals surface area contributed by atoms with Gasteiger partial charge in [0.1, 0.15) is 0 Å². The van der Waals surface area contributed by atoms with Crippen LogP contribution >= 0.6 is 0 Å².